The van der Waals surface area contributed by atoms with Crippen LogP contribution in [0, 0.1) is 5.92 Å². The van der Waals surface area contributed by atoms with Crippen molar-refractivity contribution >= 4 is 27.5 Å². The van der Waals surface area contributed by atoms with Crippen molar-refractivity contribution in [2.45, 2.75) is 44.1 Å². The number of rotatable bonds is 2. The number of benzene rings is 2. The third kappa shape index (κ3) is 3.52. The van der Waals surface area contributed by atoms with Crippen molar-refractivity contribution in [1.82, 2.24) is 4.90 Å². The number of fused-ring (bicyclic) bond motifs is 3. The number of carbonyl (C=O) groups is 1. The van der Waals surface area contributed by atoms with Gasteiger partial charge in [0.15, 0.2) is 0 Å². The van der Waals surface area contributed by atoms with Crippen LogP contribution in [0.25, 0.3) is 0 Å². The Morgan fingerprint density at radius 3 is 2.52 bits per heavy atom. The van der Waals surface area contributed by atoms with Crippen molar-refractivity contribution in [3.05, 3.63) is 75.8 Å². The van der Waals surface area contributed by atoms with Crippen molar-refractivity contribution in [3.63, 3.8) is 0 Å². The van der Waals surface area contributed by atoms with Crippen molar-refractivity contribution in [2.24, 2.45) is 5.92 Å². The Hall–Kier alpha value is -2.07. The summed E-state index contributed by atoms with van der Waals surface area (Å²) in [4.78, 5) is 15.5. The highest BCUT2D eigenvalue weighted by molar-refractivity contribution is 9.10. The molecule has 0 bridgehead atoms. The number of carbonyl (C=O) groups excluding carboxylic acids is 1. The molecule has 1 fully saturated rings. The van der Waals surface area contributed by atoms with Crippen molar-refractivity contribution in [2.75, 3.05) is 18.4 Å². The number of likely N-dealkylation sites (tertiary alicyclic amines) is 1. The lowest BCUT2D eigenvalue weighted by Crippen LogP contribution is -2.35. The fourth-order valence-electron chi connectivity index (χ4n) is 5.24. The topological polar surface area (TPSA) is 32.3 Å². The summed E-state index contributed by atoms with van der Waals surface area (Å²) in [7, 11) is 0. The van der Waals surface area contributed by atoms with E-state index in [4.69, 9.17) is 0 Å². The van der Waals surface area contributed by atoms with Crippen LogP contribution in [0.1, 0.15) is 65.5 Å². The summed E-state index contributed by atoms with van der Waals surface area (Å²) in [5.74, 6) is 1.05. The standard InChI is InChI=1S/C25H27BrN2O/c26-18-13-11-17(12-14-18)23-20-8-5-7-19(20)21-9-6-10-22(24(21)27-23)25(29)28-15-3-1-2-4-16-28/h5-7,9-14,19-20,23,27H,1-4,8,15-16H2. The van der Waals surface area contributed by atoms with Crippen LogP contribution in [0.2, 0.25) is 0 Å². The van der Waals surface area contributed by atoms with Crippen molar-refractivity contribution in [1.29, 1.82) is 0 Å². The highest BCUT2D eigenvalue weighted by atomic mass is 79.9. The zero-order chi connectivity index (χ0) is 19.8. The lowest BCUT2D eigenvalue weighted by atomic mass is 9.76. The van der Waals surface area contributed by atoms with E-state index >= 15 is 0 Å². The molecule has 0 aromatic heterocycles. The van der Waals surface area contributed by atoms with Gasteiger partial charge < -0.3 is 10.2 Å². The number of amides is 1. The molecule has 3 atom stereocenters. The molecule has 29 heavy (non-hydrogen) atoms. The second kappa shape index (κ2) is 7.98. The van der Waals surface area contributed by atoms with Gasteiger partial charge in [-0.1, -0.05) is 65.2 Å². The van der Waals surface area contributed by atoms with Gasteiger partial charge in [0, 0.05) is 23.5 Å². The molecule has 0 radical (unpaired) electrons. The number of anilines is 1. The van der Waals surface area contributed by atoms with Gasteiger partial charge in [-0.3, -0.25) is 4.79 Å². The average Bonchev–Trinajstić information content (AvgIpc) is 3.08. The maximum absolute atomic E-state index is 13.5. The van der Waals surface area contributed by atoms with E-state index in [1.807, 2.05) is 6.07 Å². The van der Waals surface area contributed by atoms with Crippen LogP contribution in [0.4, 0.5) is 5.69 Å². The maximum atomic E-state index is 13.5. The Labute approximate surface area is 181 Å². The third-order valence-electron chi connectivity index (χ3n) is 6.75. The molecule has 1 N–H and O–H groups in total. The second-order valence-corrected chi connectivity index (χ2v) is 9.42. The lowest BCUT2D eigenvalue weighted by molar-refractivity contribution is 0.0762. The molecule has 2 aromatic carbocycles. The summed E-state index contributed by atoms with van der Waals surface area (Å²) < 4.78 is 1.09. The molecule has 1 aliphatic carbocycles. The normalized spacial score (nSPS) is 25.7. The summed E-state index contributed by atoms with van der Waals surface area (Å²) >= 11 is 3.55. The first-order chi connectivity index (χ1) is 14.2. The van der Waals surface area contributed by atoms with Crippen LogP contribution in [-0.4, -0.2) is 23.9 Å². The minimum atomic E-state index is 0.186. The van der Waals surface area contributed by atoms with Gasteiger partial charge >= 0.3 is 0 Å². The van der Waals surface area contributed by atoms with E-state index in [0.717, 1.165) is 48.1 Å². The predicted molar refractivity (Wildman–Crippen MR) is 121 cm³/mol. The number of para-hydroxylation sites is 1. The number of hydrogen-bond donors (Lipinski definition) is 1. The zero-order valence-corrected chi connectivity index (χ0v) is 18.2. The molecule has 4 heteroatoms. The van der Waals surface area contributed by atoms with Crippen molar-refractivity contribution in [3.8, 4) is 0 Å². The molecule has 0 saturated carbocycles. The van der Waals surface area contributed by atoms with Gasteiger partial charge in [-0.15, -0.1) is 0 Å². The summed E-state index contributed by atoms with van der Waals surface area (Å²) in [5.41, 5.74) is 4.44. The van der Waals surface area contributed by atoms with Crippen LogP contribution >= 0.6 is 15.9 Å². The van der Waals surface area contributed by atoms with Crippen LogP contribution in [-0.2, 0) is 0 Å². The SMILES string of the molecule is O=C(c1cccc2c1NC(c1ccc(Br)cc1)C1CC=CC21)N1CCCCCC1. The molecule has 3 nitrogen and oxygen atoms in total. The van der Waals surface area contributed by atoms with Crippen LogP contribution in [0.3, 0.4) is 0 Å². The zero-order valence-electron chi connectivity index (χ0n) is 16.6. The van der Waals surface area contributed by atoms with Gasteiger partial charge in [-0.2, -0.15) is 0 Å². The number of nitrogens with one attached hydrogen (secondary N) is 1. The molecule has 1 saturated heterocycles. The molecule has 0 spiro atoms. The van der Waals surface area contributed by atoms with Gasteiger partial charge in [0.05, 0.1) is 17.3 Å². The Bertz CT molecular complexity index is 928. The Balaban J connectivity index is 1.53. The fourth-order valence-corrected chi connectivity index (χ4v) is 5.51. The Morgan fingerprint density at radius 1 is 1.00 bits per heavy atom. The molecule has 5 rings (SSSR count). The van der Waals surface area contributed by atoms with Gasteiger partial charge in [0.2, 0.25) is 0 Å². The van der Waals surface area contributed by atoms with E-state index in [1.165, 1.54) is 24.0 Å². The number of halogens is 1. The second-order valence-electron chi connectivity index (χ2n) is 8.50. The Kier molecular flexibility index (Phi) is 5.21. The van der Waals surface area contributed by atoms with Crippen LogP contribution < -0.4 is 5.32 Å². The number of nitrogens with zero attached hydrogens (tertiary/aromatic N) is 1. The Morgan fingerprint density at radius 2 is 1.76 bits per heavy atom. The number of allylic oxidation sites excluding steroid dienone is 2. The van der Waals surface area contributed by atoms with E-state index in [0.29, 0.717) is 11.8 Å². The molecule has 2 aromatic rings. The summed E-state index contributed by atoms with van der Waals surface area (Å²) in [6.07, 6.45) is 10.4. The first-order valence-corrected chi connectivity index (χ1v) is 11.6. The minimum absolute atomic E-state index is 0.186. The summed E-state index contributed by atoms with van der Waals surface area (Å²) in [6, 6.07) is 15.1. The van der Waals surface area contributed by atoms with E-state index < -0.39 is 0 Å². The van der Waals surface area contributed by atoms with Crippen molar-refractivity contribution < 1.29 is 4.79 Å². The van der Waals surface area contributed by atoms with Gasteiger partial charge in [0.1, 0.15) is 0 Å². The average molecular weight is 451 g/mol. The molecule has 2 aliphatic heterocycles. The van der Waals surface area contributed by atoms with E-state index in [2.05, 4.69) is 74.7 Å². The monoisotopic (exact) mass is 450 g/mol. The van der Waals surface area contributed by atoms with E-state index in [1.54, 1.807) is 0 Å². The largest absolute Gasteiger partial charge is 0.377 e. The fraction of sp³-hybridized carbons (Fsp3) is 0.400. The molecular weight excluding hydrogens is 424 g/mol. The predicted octanol–water partition coefficient (Wildman–Crippen LogP) is 6.29. The lowest BCUT2D eigenvalue weighted by Gasteiger charge is -2.38. The molecule has 2 heterocycles. The third-order valence-corrected chi connectivity index (χ3v) is 7.28. The first-order valence-electron chi connectivity index (χ1n) is 10.8. The number of hydrogen-bond acceptors (Lipinski definition) is 2. The highest BCUT2D eigenvalue weighted by Gasteiger charge is 2.39. The first kappa shape index (κ1) is 18.9. The highest BCUT2D eigenvalue weighted by Crippen LogP contribution is 2.50. The maximum Gasteiger partial charge on any atom is 0.255 e. The molecule has 150 valence electrons. The van der Waals surface area contributed by atoms with Gasteiger partial charge in [-0.25, -0.2) is 0 Å². The molecule has 3 unspecified atom stereocenters. The quantitative estimate of drug-likeness (QED) is 0.544. The minimum Gasteiger partial charge on any atom is -0.377 e. The van der Waals surface area contributed by atoms with Gasteiger partial charge in [-0.05, 0) is 54.5 Å². The van der Waals surface area contributed by atoms with Crippen LogP contribution in [0.5, 0.6) is 0 Å². The van der Waals surface area contributed by atoms with E-state index in [9.17, 15) is 4.79 Å². The molecule has 1 amide bonds. The van der Waals surface area contributed by atoms with E-state index in [-0.39, 0.29) is 11.9 Å². The summed E-state index contributed by atoms with van der Waals surface area (Å²) in [6.45, 7) is 1.76. The van der Waals surface area contributed by atoms with Crippen LogP contribution in [0.15, 0.2) is 59.1 Å². The molecular formula is C25H27BrN2O. The smallest absolute Gasteiger partial charge is 0.255 e. The summed E-state index contributed by atoms with van der Waals surface area (Å²) in [5, 5.41) is 3.81. The molecule has 3 aliphatic rings. The van der Waals surface area contributed by atoms with Gasteiger partial charge in [0.25, 0.3) is 5.91 Å².